The van der Waals surface area contributed by atoms with Crippen LogP contribution in [0.1, 0.15) is 51.6 Å². The number of hydrogen-bond donors (Lipinski definition) is 3. The van der Waals surface area contributed by atoms with Crippen LogP contribution in [-0.2, 0) is 4.74 Å². The molecule has 0 spiro atoms. The molecule has 1 fully saturated rings. The Labute approximate surface area is 209 Å². The largest absolute Gasteiger partial charge is 0.497 e. The molecule has 0 aromatic heterocycles. The first kappa shape index (κ1) is 28.3. The second-order valence-electron chi connectivity index (χ2n) is 8.70. The topological polar surface area (TPSA) is 87.2 Å². The van der Waals surface area contributed by atoms with Crippen LogP contribution in [0.25, 0.3) is 0 Å². The molecule has 1 saturated heterocycles. The third-order valence-corrected chi connectivity index (χ3v) is 5.06. The minimum absolute atomic E-state index is 0. The van der Waals surface area contributed by atoms with Gasteiger partial charge < -0.3 is 25.4 Å². The van der Waals surface area contributed by atoms with Crippen LogP contribution in [0.15, 0.2) is 29.3 Å². The van der Waals surface area contributed by atoms with Gasteiger partial charge in [0, 0.05) is 26.7 Å². The van der Waals surface area contributed by atoms with Gasteiger partial charge in [-0.3, -0.25) is 9.89 Å². The lowest BCUT2D eigenvalue weighted by molar-refractivity contribution is 0.0527. The molecule has 32 heavy (non-hydrogen) atoms. The summed E-state index contributed by atoms with van der Waals surface area (Å²) in [6.45, 7) is 9.75. The van der Waals surface area contributed by atoms with Crippen LogP contribution in [0.3, 0.4) is 0 Å². The monoisotopic (exact) mass is 561 g/mol. The van der Waals surface area contributed by atoms with Crippen molar-refractivity contribution in [2.24, 2.45) is 4.99 Å². The van der Waals surface area contributed by atoms with Crippen LogP contribution >= 0.6 is 24.0 Å². The molecule has 1 aromatic carbocycles. The van der Waals surface area contributed by atoms with Gasteiger partial charge in [-0.15, -0.1) is 24.0 Å². The number of hydrogen-bond acceptors (Lipinski definition) is 5. The Balaban J connectivity index is 0.00000512. The fraction of sp³-hybridized carbons (Fsp3) is 0.652. The minimum atomic E-state index is -0.483. The van der Waals surface area contributed by atoms with E-state index in [1.807, 2.05) is 32.9 Å². The summed E-state index contributed by atoms with van der Waals surface area (Å²) in [5.74, 6) is 1.63. The van der Waals surface area contributed by atoms with E-state index < -0.39 is 5.60 Å². The summed E-state index contributed by atoms with van der Waals surface area (Å²) in [4.78, 5) is 18.5. The SMILES string of the molecule is CN=C(NCCCNC(=O)OC(C)(C)C)NCC(c1cccc(OC)c1)N1CCCC1.I. The first-order valence-corrected chi connectivity index (χ1v) is 11.1. The third-order valence-electron chi connectivity index (χ3n) is 5.06. The molecular formula is C23H40IN5O3. The number of nitrogens with one attached hydrogen (secondary N) is 3. The van der Waals surface area contributed by atoms with Crippen LogP contribution in [0.4, 0.5) is 4.79 Å². The molecule has 0 saturated carbocycles. The van der Waals surface area contributed by atoms with Crippen molar-refractivity contribution in [3.63, 3.8) is 0 Å². The molecule has 3 N–H and O–H groups in total. The van der Waals surface area contributed by atoms with Gasteiger partial charge in [-0.1, -0.05) is 12.1 Å². The highest BCUT2D eigenvalue weighted by molar-refractivity contribution is 14.0. The molecule has 1 aromatic rings. The summed E-state index contributed by atoms with van der Waals surface area (Å²) in [7, 11) is 3.47. The number of likely N-dealkylation sites (tertiary alicyclic amines) is 1. The molecule has 1 aliphatic rings. The quantitative estimate of drug-likeness (QED) is 0.185. The Morgan fingerprint density at radius 1 is 1.16 bits per heavy atom. The van der Waals surface area contributed by atoms with Crippen molar-refractivity contribution in [1.82, 2.24) is 20.9 Å². The predicted octanol–water partition coefficient (Wildman–Crippen LogP) is 3.53. The highest BCUT2D eigenvalue weighted by Gasteiger charge is 2.24. The molecule has 0 bridgehead atoms. The van der Waals surface area contributed by atoms with E-state index >= 15 is 0 Å². The Morgan fingerprint density at radius 2 is 1.84 bits per heavy atom. The Kier molecular flexibility index (Phi) is 12.7. The molecular weight excluding hydrogens is 521 g/mol. The van der Waals surface area contributed by atoms with Crippen LogP contribution in [0.2, 0.25) is 0 Å². The first-order valence-electron chi connectivity index (χ1n) is 11.1. The molecule has 1 amide bonds. The van der Waals surface area contributed by atoms with Crippen LogP contribution in [-0.4, -0.2) is 69.4 Å². The van der Waals surface area contributed by atoms with E-state index in [0.717, 1.165) is 37.8 Å². The van der Waals surface area contributed by atoms with Crippen molar-refractivity contribution in [3.05, 3.63) is 29.8 Å². The molecule has 1 atom stereocenters. The maximum absolute atomic E-state index is 11.7. The van der Waals surface area contributed by atoms with Gasteiger partial charge in [0.2, 0.25) is 0 Å². The number of ether oxygens (including phenoxy) is 2. The number of aliphatic imine (C=N–C) groups is 1. The van der Waals surface area contributed by atoms with E-state index in [-0.39, 0.29) is 36.1 Å². The summed E-state index contributed by atoms with van der Waals surface area (Å²) in [6.07, 6.45) is 2.85. The number of carbonyl (C=O) groups is 1. The van der Waals surface area contributed by atoms with Crippen molar-refractivity contribution < 1.29 is 14.3 Å². The molecule has 1 aliphatic heterocycles. The molecule has 0 aliphatic carbocycles. The lowest BCUT2D eigenvalue weighted by Crippen LogP contribution is -2.43. The molecule has 8 nitrogen and oxygen atoms in total. The number of rotatable bonds is 9. The average molecular weight is 562 g/mol. The summed E-state index contributed by atoms with van der Waals surface area (Å²) in [5.41, 5.74) is 0.758. The summed E-state index contributed by atoms with van der Waals surface area (Å²) >= 11 is 0. The number of benzene rings is 1. The zero-order chi connectivity index (χ0) is 22.7. The minimum Gasteiger partial charge on any atom is -0.497 e. The lowest BCUT2D eigenvalue weighted by Gasteiger charge is -2.29. The zero-order valence-electron chi connectivity index (χ0n) is 20.1. The van der Waals surface area contributed by atoms with Crippen molar-refractivity contribution >= 4 is 36.0 Å². The van der Waals surface area contributed by atoms with E-state index in [2.05, 4.69) is 38.0 Å². The Morgan fingerprint density at radius 3 is 2.47 bits per heavy atom. The summed E-state index contributed by atoms with van der Waals surface area (Å²) in [6, 6.07) is 8.55. The third kappa shape index (κ3) is 10.2. The maximum atomic E-state index is 11.7. The number of amides is 1. The van der Waals surface area contributed by atoms with Crippen LogP contribution in [0.5, 0.6) is 5.75 Å². The summed E-state index contributed by atoms with van der Waals surface area (Å²) in [5, 5.41) is 9.54. The van der Waals surface area contributed by atoms with Gasteiger partial charge in [0.25, 0.3) is 0 Å². The van der Waals surface area contributed by atoms with Gasteiger partial charge in [0.15, 0.2) is 5.96 Å². The van der Waals surface area contributed by atoms with E-state index in [4.69, 9.17) is 9.47 Å². The van der Waals surface area contributed by atoms with Crippen molar-refractivity contribution in [2.45, 2.75) is 51.7 Å². The number of halogens is 1. The van der Waals surface area contributed by atoms with Crippen molar-refractivity contribution in [1.29, 1.82) is 0 Å². The Hall–Kier alpha value is -1.75. The van der Waals surface area contributed by atoms with Gasteiger partial charge in [-0.25, -0.2) is 4.79 Å². The smallest absolute Gasteiger partial charge is 0.407 e. The lowest BCUT2D eigenvalue weighted by atomic mass is 10.1. The fourth-order valence-corrected chi connectivity index (χ4v) is 3.57. The van der Waals surface area contributed by atoms with Gasteiger partial charge in [0.05, 0.1) is 13.2 Å². The highest BCUT2D eigenvalue weighted by atomic mass is 127. The van der Waals surface area contributed by atoms with Crippen molar-refractivity contribution in [3.8, 4) is 5.75 Å². The average Bonchev–Trinajstić information content (AvgIpc) is 3.25. The molecule has 1 heterocycles. The standard InChI is InChI=1S/C23H39N5O3.HI/c1-23(2,3)31-22(29)26-13-9-12-25-21(24-4)27-17-20(28-14-6-7-15-28)18-10-8-11-19(16-18)30-5;/h8,10-11,16,20H,6-7,9,12-15,17H2,1-5H3,(H,26,29)(H2,24,25,27);1H. The fourth-order valence-electron chi connectivity index (χ4n) is 3.57. The predicted molar refractivity (Wildman–Crippen MR) is 140 cm³/mol. The molecule has 182 valence electrons. The van der Waals surface area contributed by atoms with Gasteiger partial charge in [0.1, 0.15) is 11.4 Å². The van der Waals surface area contributed by atoms with Gasteiger partial charge in [-0.2, -0.15) is 0 Å². The van der Waals surface area contributed by atoms with Crippen molar-refractivity contribution in [2.75, 3.05) is 46.9 Å². The van der Waals surface area contributed by atoms with Gasteiger partial charge >= 0.3 is 6.09 Å². The second-order valence-corrected chi connectivity index (χ2v) is 8.70. The second kappa shape index (κ2) is 14.4. The summed E-state index contributed by atoms with van der Waals surface area (Å²) < 4.78 is 10.7. The zero-order valence-corrected chi connectivity index (χ0v) is 22.4. The van der Waals surface area contributed by atoms with Crippen LogP contribution in [0, 0.1) is 0 Å². The van der Waals surface area contributed by atoms with E-state index in [1.165, 1.54) is 18.4 Å². The van der Waals surface area contributed by atoms with Crippen LogP contribution < -0.4 is 20.7 Å². The molecule has 2 rings (SSSR count). The molecule has 1 unspecified atom stereocenters. The maximum Gasteiger partial charge on any atom is 0.407 e. The van der Waals surface area contributed by atoms with Gasteiger partial charge in [-0.05, 0) is 70.8 Å². The number of carbonyl (C=O) groups excluding carboxylic acids is 1. The normalized spacial score (nSPS) is 15.5. The number of nitrogens with zero attached hydrogens (tertiary/aromatic N) is 2. The van der Waals surface area contributed by atoms with E-state index in [1.54, 1.807) is 14.2 Å². The van der Waals surface area contributed by atoms with E-state index in [0.29, 0.717) is 13.1 Å². The first-order chi connectivity index (χ1) is 14.8. The number of guanidine groups is 1. The highest BCUT2D eigenvalue weighted by Crippen LogP contribution is 2.27. The van der Waals surface area contributed by atoms with E-state index in [9.17, 15) is 4.79 Å². The number of methoxy groups -OCH3 is 1. The molecule has 9 heteroatoms. The molecule has 0 radical (unpaired) electrons. The Bertz CT molecular complexity index is 718. The number of alkyl carbamates (subject to hydrolysis) is 1.